The number of carbonyl (C=O) groups excluding carboxylic acids is 1. The lowest BCUT2D eigenvalue weighted by Gasteiger charge is -2.20. The number of likely N-dealkylation sites (N-methyl/N-ethyl adjacent to an activating group) is 1. The molecule has 0 bridgehead atoms. The van der Waals surface area contributed by atoms with Gasteiger partial charge in [0.2, 0.25) is 0 Å². The molecule has 1 aromatic carbocycles. The Hall–Kier alpha value is -1.51. The Bertz CT molecular complexity index is 753. The summed E-state index contributed by atoms with van der Waals surface area (Å²) in [5.74, 6) is -0.223. The van der Waals surface area contributed by atoms with Crippen LogP contribution in [0.4, 0.5) is 9.52 Å². The number of halogens is 2. The first-order valence-corrected chi connectivity index (χ1v) is 9.36. The molecule has 2 N–H and O–H groups in total. The fourth-order valence-corrected chi connectivity index (χ4v) is 4.13. The molecule has 2 aromatic rings. The summed E-state index contributed by atoms with van der Waals surface area (Å²) in [7, 11) is 0. The smallest absolute Gasteiger partial charge is 0.264 e. The first-order chi connectivity index (χ1) is 11.5. The molecule has 0 fully saturated rings. The van der Waals surface area contributed by atoms with Crippen molar-refractivity contribution in [1.29, 1.82) is 0 Å². The average molecular weight is 415 g/mol. The quantitative estimate of drug-likeness (QED) is 0.786. The van der Waals surface area contributed by atoms with Crippen molar-refractivity contribution in [1.82, 2.24) is 4.98 Å². The number of nitrogens with zero attached hydrogens (tertiary/aromatic N) is 1. The molecule has 1 amide bonds. The lowest BCUT2D eigenvalue weighted by atomic mass is 10.2. The highest BCUT2D eigenvalue weighted by atomic mass is 79.9. The number of rotatable bonds is 5. The number of ether oxygens (including phenoxy) is 1. The standard InChI is InChI=1S/C16H17BrFN3O2S/c1-2-21-6-5-12-14(8-21)24-16(19-12)20-15(22)9-23-13-4-3-10(18)7-11(13)17/h3-4,7H,2,5-6,8-9H2,1H3,(H,19,20,22)/p+1. The van der Waals surface area contributed by atoms with Crippen LogP contribution in [0.3, 0.4) is 0 Å². The van der Waals surface area contributed by atoms with Crippen LogP contribution in [-0.2, 0) is 17.8 Å². The van der Waals surface area contributed by atoms with E-state index < -0.39 is 0 Å². The van der Waals surface area contributed by atoms with Crippen LogP contribution < -0.4 is 15.0 Å². The zero-order chi connectivity index (χ0) is 17.1. The second-order valence-electron chi connectivity index (χ2n) is 5.58. The average Bonchev–Trinajstić information content (AvgIpc) is 2.95. The summed E-state index contributed by atoms with van der Waals surface area (Å²) < 4.78 is 18.9. The highest BCUT2D eigenvalue weighted by molar-refractivity contribution is 9.10. The lowest BCUT2D eigenvalue weighted by Crippen LogP contribution is -3.11. The van der Waals surface area contributed by atoms with Gasteiger partial charge in [0.25, 0.3) is 5.91 Å². The molecule has 0 radical (unpaired) electrons. The first kappa shape index (κ1) is 17.3. The second kappa shape index (κ2) is 7.58. The Balaban J connectivity index is 1.56. The molecule has 2 heterocycles. The van der Waals surface area contributed by atoms with E-state index in [-0.39, 0.29) is 18.3 Å². The van der Waals surface area contributed by atoms with Crippen molar-refractivity contribution >= 4 is 38.3 Å². The SMILES string of the molecule is CC[NH+]1CCc2nc(NC(=O)COc3ccc(F)cc3Br)sc2C1. The van der Waals surface area contributed by atoms with E-state index in [9.17, 15) is 9.18 Å². The topological polar surface area (TPSA) is 55.7 Å². The molecule has 0 spiro atoms. The number of fused-ring (bicyclic) bond motifs is 1. The lowest BCUT2D eigenvalue weighted by molar-refractivity contribution is -0.913. The number of aromatic nitrogens is 1. The predicted octanol–water partition coefficient (Wildman–Crippen LogP) is 2.02. The first-order valence-electron chi connectivity index (χ1n) is 7.75. The summed E-state index contributed by atoms with van der Waals surface area (Å²) >= 11 is 4.74. The molecule has 5 nitrogen and oxygen atoms in total. The number of anilines is 1. The van der Waals surface area contributed by atoms with Crippen LogP contribution in [0, 0.1) is 5.82 Å². The third-order valence-electron chi connectivity index (χ3n) is 3.90. The van der Waals surface area contributed by atoms with E-state index in [1.165, 1.54) is 39.3 Å². The van der Waals surface area contributed by atoms with E-state index in [0.29, 0.717) is 15.4 Å². The minimum Gasteiger partial charge on any atom is -0.483 e. The zero-order valence-corrected chi connectivity index (χ0v) is 15.6. The van der Waals surface area contributed by atoms with Gasteiger partial charge < -0.3 is 9.64 Å². The summed E-state index contributed by atoms with van der Waals surface area (Å²) in [5.41, 5.74) is 1.09. The number of quaternary nitrogens is 1. The molecule has 3 rings (SSSR count). The highest BCUT2D eigenvalue weighted by Gasteiger charge is 2.23. The van der Waals surface area contributed by atoms with Crippen LogP contribution in [-0.4, -0.2) is 30.6 Å². The predicted molar refractivity (Wildman–Crippen MR) is 94.1 cm³/mol. The van der Waals surface area contributed by atoms with Crippen molar-refractivity contribution in [3.05, 3.63) is 39.1 Å². The van der Waals surface area contributed by atoms with E-state index >= 15 is 0 Å². The summed E-state index contributed by atoms with van der Waals surface area (Å²) in [6.07, 6.45) is 0.948. The van der Waals surface area contributed by atoms with Crippen LogP contribution in [0.25, 0.3) is 0 Å². The third-order valence-corrected chi connectivity index (χ3v) is 5.54. The van der Waals surface area contributed by atoms with Gasteiger partial charge in [0, 0.05) is 6.42 Å². The Kier molecular flexibility index (Phi) is 5.47. The minimum atomic E-state index is -0.365. The molecular formula is C16H18BrFN3O2S+. The number of thiazole rings is 1. The van der Waals surface area contributed by atoms with Crippen molar-refractivity contribution < 1.29 is 18.8 Å². The van der Waals surface area contributed by atoms with Gasteiger partial charge in [-0.1, -0.05) is 11.3 Å². The normalized spacial score (nSPS) is 16.5. The van der Waals surface area contributed by atoms with Gasteiger partial charge in [-0.15, -0.1) is 0 Å². The molecule has 0 saturated carbocycles. The number of amides is 1. The molecule has 24 heavy (non-hydrogen) atoms. The van der Waals surface area contributed by atoms with E-state index in [4.69, 9.17) is 4.74 Å². The molecule has 128 valence electrons. The van der Waals surface area contributed by atoms with Crippen LogP contribution in [0.5, 0.6) is 5.75 Å². The number of benzene rings is 1. The Morgan fingerprint density at radius 3 is 3.12 bits per heavy atom. The monoisotopic (exact) mass is 414 g/mol. The van der Waals surface area contributed by atoms with Crippen LogP contribution in [0.2, 0.25) is 0 Å². The summed E-state index contributed by atoms with van der Waals surface area (Å²) in [5, 5.41) is 3.39. The summed E-state index contributed by atoms with van der Waals surface area (Å²) in [6, 6.07) is 4.07. The maximum absolute atomic E-state index is 13.0. The van der Waals surface area contributed by atoms with Gasteiger partial charge in [-0.3, -0.25) is 10.1 Å². The second-order valence-corrected chi connectivity index (χ2v) is 7.52. The molecule has 1 aliphatic heterocycles. The van der Waals surface area contributed by atoms with Crippen LogP contribution >= 0.6 is 27.3 Å². The molecule has 8 heteroatoms. The Labute approximate surface area is 152 Å². The largest absolute Gasteiger partial charge is 0.483 e. The third kappa shape index (κ3) is 4.12. The fraction of sp³-hybridized carbons (Fsp3) is 0.375. The van der Waals surface area contributed by atoms with Gasteiger partial charge in [0.1, 0.15) is 18.1 Å². The summed E-state index contributed by atoms with van der Waals surface area (Å²) in [6.45, 7) is 5.18. The highest BCUT2D eigenvalue weighted by Crippen LogP contribution is 2.26. The van der Waals surface area contributed by atoms with E-state index in [1.807, 2.05) is 0 Å². The molecule has 1 unspecified atom stereocenters. The number of hydrogen-bond acceptors (Lipinski definition) is 4. The van der Waals surface area contributed by atoms with Gasteiger partial charge in [-0.25, -0.2) is 9.37 Å². The maximum atomic E-state index is 13.0. The van der Waals surface area contributed by atoms with Crippen LogP contribution in [0.1, 0.15) is 17.5 Å². The molecule has 1 aromatic heterocycles. The van der Waals surface area contributed by atoms with Gasteiger partial charge in [0.05, 0.1) is 28.1 Å². The van der Waals surface area contributed by atoms with Gasteiger partial charge in [0.15, 0.2) is 11.7 Å². The maximum Gasteiger partial charge on any atom is 0.264 e. The van der Waals surface area contributed by atoms with E-state index in [1.54, 1.807) is 0 Å². The number of hydrogen-bond donors (Lipinski definition) is 2. The van der Waals surface area contributed by atoms with E-state index in [2.05, 4.69) is 33.2 Å². The van der Waals surface area contributed by atoms with Crippen molar-refractivity contribution in [3.8, 4) is 5.75 Å². The molecular weight excluding hydrogens is 397 g/mol. The molecule has 1 aliphatic rings. The van der Waals surface area contributed by atoms with E-state index in [0.717, 1.165) is 31.7 Å². The van der Waals surface area contributed by atoms with Crippen molar-refractivity contribution in [2.75, 3.05) is 25.0 Å². The van der Waals surface area contributed by atoms with Gasteiger partial charge in [-0.05, 0) is 41.1 Å². The zero-order valence-electron chi connectivity index (χ0n) is 13.2. The molecule has 0 saturated heterocycles. The summed E-state index contributed by atoms with van der Waals surface area (Å²) in [4.78, 5) is 19.3. The number of nitrogens with one attached hydrogen (secondary N) is 2. The van der Waals surface area contributed by atoms with Crippen LogP contribution in [0.15, 0.2) is 22.7 Å². The van der Waals surface area contributed by atoms with Gasteiger partial charge in [-0.2, -0.15) is 0 Å². The van der Waals surface area contributed by atoms with Crippen molar-refractivity contribution in [2.45, 2.75) is 19.9 Å². The van der Waals surface area contributed by atoms with Crippen molar-refractivity contribution in [2.24, 2.45) is 0 Å². The Morgan fingerprint density at radius 1 is 1.54 bits per heavy atom. The number of carbonyl (C=O) groups is 1. The molecule has 0 aliphatic carbocycles. The van der Waals surface area contributed by atoms with Gasteiger partial charge >= 0.3 is 0 Å². The van der Waals surface area contributed by atoms with Crippen molar-refractivity contribution in [3.63, 3.8) is 0 Å². The minimum absolute atomic E-state index is 0.152. The Morgan fingerprint density at radius 2 is 2.38 bits per heavy atom. The fourth-order valence-electron chi connectivity index (χ4n) is 2.57. The molecule has 1 atom stereocenters.